The standard InChI is InChI=1S/C28H36Cl2N2O9P2/c1-3-5-18(2)16-24-26(20-9-13-25(22(30)17-20)41-43(37,38)39)27(28(31)33)23(12-8-19-6-10-21(29)11-7-19)32(24)14-4-15-40-42(34,35)36/h6-7,9-11,13,17-18H,3-5,8,12,14-16H2,1-2H3,(H2,31,33)(H2,34,35,36)(H2,37,38,39). The lowest BCUT2D eigenvalue weighted by molar-refractivity contribution is 0.0999. The highest BCUT2D eigenvalue weighted by atomic mass is 35.5. The summed E-state index contributed by atoms with van der Waals surface area (Å²) in [6, 6.07) is 11.7. The van der Waals surface area contributed by atoms with Crippen molar-refractivity contribution in [3.63, 3.8) is 0 Å². The number of primary amides is 1. The first kappa shape index (κ1) is 35.3. The largest absolute Gasteiger partial charge is 0.524 e. The van der Waals surface area contributed by atoms with Crippen LogP contribution in [0.25, 0.3) is 11.1 Å². The summed E-state index contributed by atoms with van der Waals surface area (Å²) >= 11 is 12.4. The highest BCUT2D eigenvalue weighted by Gasteiger charge is 2.29. The normalized spacial score (nSPS) is 12.8. The molecule has 0 saturated heterocycles. The van der Waals surface area contributed by atoms with Crippen LogP contribution in [0.5, 0.6) is 5.75 Å². The summed E-state index contributed by atoms with van der Waals surface area (Å²) < 4.78 is 34.0. The van der Waals surface area contributed by atoms with Crippen LogP contribution in [-0.4, -0.2) is 36.7 Å². The zero-order chi connectivity index (χ0) is 31.9. The van der Waals surface area contributed by atoms with Crippen LogP contribution in [0.15, 0.2) is 42.5 Å². The minimum absolute atomic E-state index is 0.0747. The lowest BCUT2D eigenvalue weighted by Crippen LogP contribution is -2.16. The first-order valence-corrected chi connectivity index (χ1v) is 17.4. The molecule has 43 heavy (non-hydrogen) atoms. The fourth-order valence-corrected chi connectivity index (χ4v) is 6.32. The van der Waals surface area contributed by atoms with Crippen molar-refractivity contribution in [2.24, 2.45) is 11.7 Å². The number of aryl methyl sites for hydroxylation is 1. The molecule has 0 bridgehead atoms. The number of aromatic nitrogens is 1. The highest BCUT2D eigenvalue weighted by molar-refractivity contribution is 7.46. The fraction of sp³-hybridized carbons (Fsp3) is 0.393. The van der Waals surface area contributed by atoms with Gasteiger partial charge in [0.05, 0.1) is 17.2 Å². The van der Waals surface area contributed by atoms with Gasteiger partial charge in [0.25, 0.3) is 5.91 Å². The monoisotopic (exact) mass is 676 g/mol. The van der Waals surface area contributed by atoms with Gasteiger partial charge in [-0.3, -0.25) is 19.1 Å². The lowest BCUT2D eigenvalue weighted by Gasteiger charge is -2.18. The molecule has 3 aromatic rings. The topological polar surface area (TPSA) is 182 Å². The molecule has 0 saturated carbocycles. The quantitative estimate of drug-likeness (QED) is 0.0859. The zero-order valence-corrected chi connectivity index (χ0v) is 27.1. The number of nitrogens with zero attached hydrogens (tertiary/aromatic N) is 1. The molecule has 1 heterocycles. The number of hydrogen-bond acceptors (Lipinski definition) is 5. The van der Waals surface area contributed by atoms with E-state index in [0.29, 0.717) is 41.1 Å². The molecule has 0 radical (unpaired) electrons. The molecule has 0 aliphatic heterocycles. The van der Waals surface area contributed by atoms with E-state index in [0.717, 1.165) is 24.1 Å². The van der Waals surface area contributed by atoms with Crippen LogP contribution in [0.1, 0.15) is 60.4 Å². The van der Waals surface area contributed by atoms with Gasteiger partial charge in [-0.15, -0.1) is 0 Å². The van der Waals surface area contributed by atoms with E-state index >= 15 is 0 Å². The summed E-state index contributed by atoms with van der Waals surface area (Å²) in [5.41, 5.74) is 9.70. The molecule has 0 aliphatic carbocycles. The molecular formula is C28H36Cl2N2O9P2. The second-order valence-corrected chi connectivity index (χ2v) is 13.5. The number of nitrogens with two attached hydrogens (primary N) is 1. The van der Waals surface area contributed by atoms with Crippen molar-refractivity contribution in [3.8, 4) is 16.9 Å². The van der Waals surface area contributed by atoms with Crippen LogP contribution in [0.2, 0.25) is 10.0 Å². The Labute approximate surface area is 260 Å². The number of halogens is 2. The molecule has 1 unspecified atom stereocenters. The molecule has 236 valence electrons. The first-order chi connectivity index (χ1) is 20.1. The average molecular weight is 677 g/mol. The molecule has 0 aliphatic rings. The minimum Gasteiger partial charge on any atom is -0.403 e. The maximum absolute atomic E-state index is 13.2. The van der Waals surface area contributed by atoms with Gasteiger partial charge in [0.2, 0.25) is 0 Å². The van der Waals surface area contributed by atoms with Gasteiger partial charge in [-0.25, -0.2) is 9.13 Å². The summed E-state index contributed by atoms with van der Waals surface area (Å²) in [6.45, 7) is 4.21. The predicted octanol–water partition coefficient (Wildman–Crippen LogP) is 6.30. The van der Waals surface area contributed by atoms with Crippen molar-refractivity contribution >= 4 is 44.8 Å². The Kier molecular flexibility index (Phi) is 12.5. The molecule has 15 heteroatoms. The third-order valence-corrected chi connectivity index (χ3v) is 8.34. The van der Waals surface area contributed by atoms with Crippen LogP contribution >= 0.6 is 38.8 Å². The van der Waals surface area contributed by atoms with E-state index in [1.54, 1.807) is 18.2 Å². The van der Waals surface area contributed by atoms with E-state index in [1.165, 1.54) is 12.1 Å². The number of amides is 1. The highest BCUT2D eigenvalue weighted by Crippen LogP contribution is 2.44. The zero-order valence-electron chi connectivity index (χ0n) is 23.8. The van der Waals surface area contributed by atoms with Crippen LogP contribution in [0.3, 0.4) is 0 Å². The molecular weight excluding hydrogens is 641 g/mol. The average Bonchev–Trinajstić information content (AvgIpc) is 3.19. The third-order valence-electron chi connectivity index (χ3n) is 6.84. The lowest BCUT2D eigenvalue weighted by atomic mass is 9.93. The van der Waals surface area contributed by atoms with Crippen LogP contribution in [-0.2, 0) is 39.5 Å². The Hall–Kier alpha value is -2.17. The number of carbonyl (C=O) groups excluding carboxylic acids is 1. The first-order valence-electron chi connectivity index (χ1n) is 13.6. The van der Waals surface area contributed by atoms with Gasteiger partial charge in [-0.05, 0) is 67.0 Å². The van der Waals surface area contributed by atoms with Crippen molar-refractivity contribution in [1.82, 2.24) is 4.57 Å². The van der Waals surface area contributed by atoms with E-state index in [9.17, 15) is 23.7 Å². The Morgan fingerprint density at radius 3 is 2.23 bits per heavy atom. The van der Waals surface area contributed by atoms with Gasteiger partial charge >= 0.3 is 15.6 Å². The van der Waals surface area contributed by atoms with Crippen molar-refractivity contribution < 1.29 is 42.5 Å². The minimum atomic E-state index is -4.87. The molecule has 3 rings (SSSR count). The van der Waals surface area contributed by atoms with Crippen molar-refractivity contribution in [3.05, 3.63) is 75.0 Å². The van der Waals surface area contributed by atoms with Crippen LogP contribution in [0, 0.1) is 5.92 Å². The van der Waals surface area contributed by atoms with Crippen LogP contribution < -0.4 is 10.3 Å². The second kappa shape index (κ2) is 15.2. The van der Waals surface area contributed by atoms with E-state index in [4.69, 9.17) is 43.2 Å². The third kappa shape index (κ3) is 10.5. The molecule has 1 amide bonds. The smallest absolute Gasteiger partial charge is 0.403 e. The number of benzene rings is 2. The molecule has 1 atom stereocenters. The summed E-state index contributed by atoms with van der Waals surface area (Å²) in [7, 11) is -9.54. The van der Waals surface area contributed by atoms with Crippen molar-refractivity contribution in [2.45, 2.75) is 58.9 Å². The maximum atomic E-state index is 13.2. The summed E-state index contributed by atoms with van der Waals surface area (Å²) in [5.74, 6) is -0.707. The predicted molar refractivity (Wildman–Crippen MR) is 165 cm³/mol. The maximum Gasteiger partial charge on any atom is 0.524 e. The fourth-order valence-electron chi connectivity index (χ4n) is 5.14. The van der Waals surface area contributed by atoms with Gasteiger partial charge in [0, 0.05) is 28.5 Å². The van der Waals surface area contributed by atoms with Gasteiger partial charge in [-0.1, -0.05) is 68.1 Å². The van der Waals surface area contributed by atoms with Crippen LogP contribution in [0.4, 0.5) is 0 Å². The van der Waals surface area contributed by atoms with E-state index < -0.39 is 21.6 Å². The number of hydrogen-bond donors (Lipinski definition) is 5. The molecule has 0 fully saturated rings. The van der Waals surface area contributed by atoms with Gasteiger partial charge in [-0.2, -0.15) is 0 Å². The number of phosphoric acid groups is 2. The Morgan fingerprint density at radius 1 is 1.00 bits per heavy atom. The Balaban J connectivity index is 2.21. The van der Waals surface area contributed by atoms with Gasteiger partial charge < -0.3 is 24.6 Å². The Bertz CT molecular complexity index is 1520. The molecule has 0 spiro atoms. The Morgan fingerprint density at radius 2 is 1.67 bits per heavy atom. The van der Waals surface area contributed by atoms with E-state index in [1.807, 2.05) is 16.7 Å². The van der Waals surface area contributed by atoms with Crippen molar-refractivity contribution in [1.29, 1.82) is 0 Å². The number of rotatable bonds is 16. The molecule has 11 nitrogen and oxygen atoms in total. The summed E-state index contributed by atoms with van der Waals surface area (Å²) in [4.78, 5) is 50.0. The number of carbonyl (C=O) groups is 1. The SMILES string of the molecule is CCCC(C)Cc1c(-c2ccc(OP(=O)(O)O)c(Cl)c2)c(C(N)=O)c(CCc2ccc(Cl)cc2)n1CCCOP(=O)(O)O. The van der Waals surface area contributed by atoms with Gasteiger partial charge in [0.15, 0.2) is 0 Å². The summed E-state index contributed by atoms with van der Waals surface area (Å²) in [6.07, 6.45) is 3.55. The van der Waals surface area contributed by atoms with E-state index in [-0.39, 0.29) is 41.8 Å². The molecule has 1 aromatic heterocycles. The van der Waals surface area contributed by atoms with Gasteiger partial charge in [0.1, 0.15) is 5.75 Å². The second-order valence-electron chi connectivity index (χ2n) is 10.3. The van der Waals surface area contributed by atoms with Crippen molar-refractivity contribution in [2.75, 3.05) is 6.61 Å². The number of phosphoric ester groups is 2. The summed E-state index contributed by atoms with van der Waals surface area (Å²) in [5, 5.41) is 0.516. The molecule has 2 aromatic carbocycles. The van der Waals surface area contributed by atoms with E-state index in [2.05, 4.69) is 18.4 Å². The molecule has 6 N–H and O–H groups in total.